The third-order valence-corrected chi connectivity index (χ3v) is 1.40. The lowest BCUT2D eigenvalue weighted by Gasteiger charge is -2.13. The van der Waals surface area contributed by atoms with E-state index in [9.17, 15) is 4.79 Å². The molecule has 0 unspecified atom stereocenters. The molecule has 1 amide bonds. The lowest BCUT2D eigenvalue weighted by atomic mass is 10.3. The zero-order valence-electron chi connectivity index (χ0n) is 7.47. The Kier molecular flexibility index (Phi) is 8.48. The Morgan fingerprint density at radius 3 is 2.55 bits per heavy atom. The zero-order valence-corrected chi connectivity index (χ0v) is 7.47. The van der Waals surface area contributed by atoms with Crippen molar-refractivity contribution in [2.24, 2.45) is 0 Å². The molecule has 0 atom stereocenters. The number of likely N-dealkylation sites (N-methyl/N-ethyl adjacent to an activating group) is 1. The van der Waals surface area contributed by atoms with Gasteiger partial charge in [-0.2, -0.15) is 0 Å². The largest absolute Gasteiger partial charge is 0.344 e. The minimum absolute atomic E-state index is 0. The van der Waals surface area contributed by atoms with Crippen molar-refractivity contribution >= 4 is 5.91 Å². The van der Waals surface area contributed by atoms with Crippen molar-refractivity contribution < 1.29 is 4.79 Å². The predicted octanol–water partition coefficient (Wildman–Crippen LogP) is 1.59. The standard InChI is InChI=1S/C8H15NO.H3N/c1-4-6-7-9(3)8(10)5-2;/h5H,2,4,6-7H2,1,3H3;1H3. The van der Waals surface area contributed by atoms with Crippen LogP contribution in [0.25, 0.3) is 0 Å². The number of carbonyl (C=O) groups excluding carboxylic acids is 1. The van der Waals surface area contributed by atoms with Crippen molar-refractivity contribution in [3.8, 4) is 0 Å². The third-order valence-electron chi connectivity index (χ3n) is 1.40. The molecule has 0 spiro atoms. The lowest BCUT2D eigenvalue weighted by Crippen LogP contribution is -2.25. The number of hydrogen-bond acceptors (Lipinski definition) is 2. The molecular weight excluding hydrogens is 140 g/mol. The van der Waals surface area contributed by atoms with E-state index in [1.54, 1.807) is 11.9 Å². The summed E-state index contributed by atoms with van der Waals surface area (Å²) in [5.74, 6) is 0.00782. The zero-order chi connectivity index (χ0) is 7.98. The van der Waals surface area contributed by atoms with E-state index >= 15 is 0 Å². The van der Waals surface area contributed by atoms with Gasteiger partial charge in [0.15, 0.2) is 0 Å². The van der Waals surface area contributed by atoms with Crippen LogP contribution in [0.2, 0.25) is 0 Å². The van der Waals surface area contributed by atoms with Gasteiger partial charge < -0.3 is 11.1 Å². The van der Waals surface area contributed by atoms with Crippen LogP contribution in [-0.4, -0.2) is 24.4 Å². The SMILES string of the molecule is C=CC(=O)N(C)CCCC.N. The Balaban J connectivity index is 0. The molecule has 11 heavy (non-hydrogen) atoms. The summed E-state index contributed by atoms with van der Waals surface area (Å²) in [6, 6.07) is 0. The van der Waals surface area contributed by atoms with Crippen LogP contribution in [0.5, 0.6) is 0 Å². The first-order valence-corrected chi connectivity index (χ1v) is 3.60. The van der Waals surface area contributed by atoms with Crippen LogP contribution in [0.3, 0.4) is 0 Å². The third kappa shape index (κ3) is 5.61. The van der Waals surface area contributed by atoms with Gasteiger partial charge >= 0.3 is 0 Å². The molecule has 0 aliphatic carbocycles. The molecule has 0 aliphatic rings. The highest BCUT2D eigenvalue weighted by atomic mass is 16.2. The molecule has 3 heteroatoms. The number of amides is 1. The molecule has 0 radical (unpaired) electrons. The van der Waals surface area contributed by atoms with Gasteiger partial charge in [-0.1, -0.05) is 19.9 Å². The fourth-order valence-corrected chi connectivity index (χ4v) is 0.661. The molecule has 0 aromatic carbocycles. The molecule has 0 aliphatic heterocycles. The summed E-state index contributed by atoms with van der Waals surface area (Å²) in [4.78, 5) is 12.5. The van der Waals surface area contributed by atoms with E-state index in [0.29, 0.717) is 0 Å². The highest BCUT2D eigenvalue weighted by Crippen LogP contribution is 1.91. The Morgan fingerprint density at radius 2 is 2.18 bits per heavy atom. The molecule has 0 saturated heterocycles. The second kappa shape index (κ2) is 7.28. The first kappa shape index (κ1) is 12.8. The number of unbranched alkanes of at least 4 members (excludes halogenated alkanes) is 1. The van der Waals surface area contributed by atoms with Crippen molar-refractivity contribution in [2.45, 2.75) is 19.8 Å². The second-order valence-corrected chi connectivity index (χ2v) is 2.32. The van der Waals surface area contributed by atoms with E-state index in [1.165, 1.54) is 6.08 Å². The average Bonchev–Trinajstić information content (AvgIpc) is 1.98. The van der Waals surface area contributed by atoms with E-state index in [4.69, 9.17) is 0 Å². The summed E-state index contributed by atoms with van der Waals surface area (Å²) in [6.45, 7) is 6.34. The van der Waals surface area contributed by atoms with Crippen molar-refractivity contribution in [1.29, 1.82) is 0 Å². The van der Waals surface area contributed by atoms with Gasteiger partial charge in [0.1, 0.15) is 0 Å². The number of carbonyl (C=O) groups is 1. The molecule has 0 bridgehead atoms. The summed E-state index contributed by atoms with van der Waals surface area (Å²) in [5.41, 5.74) is 0. The maximum Gasteiger partial charge on any atom is 0.245 e. The quantitative estimate of drug-likeness (QED) is 0.632. The van der Waals surface area contributed by atoms with Crippen molar-refractivity contribution in [1.82, 2.24) is 11.1 Å². The van der Waals surface area contributed by atoms with Gasteiger partial charge in [-0.25, -0.2) is 0 Å². The Bertz CT molecular complexity index is 123. The van der Waals surface area contributed by atoms with Crippen molar-refractivity contribution in [3.05, 3.63) is 12.7 Å². The molecule has 0 aromatic rings. The molecule has 0 fully saturated rings. The minimum Gasteiger partial charge on any atom is -0.344 e. The first-order valence-electron chi connectivity index (χ1n) is 3.60. The van der Waals surface area contributed by atoms with Crippen LogP contribution in [-0.2, 0) is 4.79 Å². The van der Waals surface area contributed by atoms with Gasteiger partial charge in [-0.3, -0.25) is 4.79 Å². The fraction of sp³-hybridized carbons (Fsp3) is 0.625. The highest BCUT2D eigenvalue weighted by Gasteiger charge is 2.00. The predicted molar refractivity (Wildman–Crippen MR) is 47.8 cm³/mol. The summed E-state index contributed by atoms with van der Waals surface area (Å²) in [5, 5.41) is 0. The average molecular weight is 158 g/mol. The van der Waals surface area contributed by atoms with Crippen LogP contribution >= 0.6 is 0 Å². The molecule has 3 nitrogen and oxygen atoms in total. The van der Waals surface area contributed by atoms with E-state index in [0.717, 1.165) is 19.4 Å². The molecule has 66 valence electrons. The number of rotatable bonds is 4. The summed E-state index contributed by atoms with van der Waals surface area (Å²) < 4.78 is 0. The Hall–Kier alpha value is -0.830. The van der Waals surface area contributed by atoms with E-state index in [2.05, 4.69) is 13.5 Å². The Morgan fingerprint density at radius 1 is 1.64 bits per heavy atom. The van der Waals surface area contributed by atoms with Gasteiger partial charge in [0, 0.05) is 13.6 Å². The van der Waals surface area contributed by atoms with Crippen LogP contribution < -0.4 is 6.15 Å². The number of nitrogens with zero attached hydrogens (tertiary/aromatic N) is 1. The minimum atomic E-state index is 0. The second-order valence-electron chi connectivity index (χ2n) is 2.32. The van der Waals surface area contributed by atoms with Crippen LogP contribution in [0, 0.1) is 0 Å². The fourth-order valence-electron chi connectivity index (χ4n) is 0.661. The van der Waals surface area contributed by atoms with Crippen molar-refractivity contribution in [2.75, 3.05) is 13.6 Å². The molecule has 0 rings (SSSR count). The smallest absolute Gasteiger partial charge is 0.245 e. The highest BCUT2D eigenvalue weighted by molar-refractivity contribution is 5.86. The maximum absolute atomic E-state index is 10.8. The Labute approximate surface area is 68.7 Å². The molecular formula is C8H18N2O. The van der Waals surface area contributed by atoms with E-state index in [1.807, 2.05) is 0 Å². The van der Waals surface area contributed by atoms with Gasteiger partial charge in [0.2, 0.25) is 5.91 Å². The topological polar surface area (TPSA) is 55.3 Å². The molecule has 3 N–H and O–H groups in total. The van der Waals surface area contributed by atoms with Crippen molar-refractivity contribution in [3.63, 3.8) is 0 Å². The summed E-state index contributed by atoms with van der Waals surface area (Å²) in [7, 11) is 1.79. The van der Waals surface area contributed by atoms with E-state index in [-0.39, 0.29) is 12.1 Å². The van der Waals surface area contributed by atoms with Crippen LogP contribution in [0.1, 0.15) is 19.8 Å². The van der Waals surface area contributed by atoms with Crippen LogP contribution in [0.15, 0.2) is 12.7 Å². The van der Waals surface area contributed by atoms with Gasteiger partial charge in [-0.15, -0.1) is 0 Å². The maximum atomic E-state index is 10.8. The number of hydrogen-bond donors (Lipinski definition) is 1. The molecule has 0 aromatic heterocycles. The molecule has 0 saturated carbocycles. The monoisotopic (exact) mass is 158 g/mol. The lowest BCUT2D eigenvalue weighted by molar-refractivity contribution is -0.124. The van der Waals surface area contributed by atoms with Gasteiger partial charge in [0.25, 0.3) is 0 Å². The summed E-state index contributed by atoms with van der Waals surface area (Å²) in [6.07, 6.45) is 3.53. The summed E-state index contributed by atoms with van der Waals surface area (Å²) >= 11 is 0. The van der Waals surface area contributed by atoms with E-state index < -0.39 is 0 Å². The first-order chi connectivity index (χ1) is 4.72. The van der Waals surface area contributed by atoms with Crippen LogP contribution in [0.4, 0.5) is 0 Å². The molecule has 0 heterocycles. The van der Waals surface area contributed by atoms with Gasteiger partial charge in [0.05, 0.1) is 0 Å². The normalized spacial score (nSPS) is 8.18. The van der Waals surface area contributed by atoms with Gasteiger partial charge in [-0.05, 0) is 12.5 Å².